The number of rotatable bonds is 8. The van der Waals surface area contributed by atoms with E-state index in [1.165, 1.54) is 0 Å². The van der Waals surface area contributed by atoms with Gasteiger partial charge in [0.2, 0.25) is 5.91 Å². The van der Waals surface area contributed by atoms with Gasteiger partial charge in [-0.05, 0) is 48.5 Å². The minimum atomic E-state index is -0.292. The van der Waals surface area contributed by atoms with E-state index in [1.54, 1.807) is 42.3 Å². The molecule has 30 heavy (non-hydrogen) atoms. The summed E-state index contributed by atoms with van der Waals surface area (Å²) in [5.74, 6) is 0.828. The summed E-state index contributed by atoms with van der Waals surface area (Å²) in [7, 11) is 0. The van der Waals surface area contributed by atoms with Crippen LogP contribution in [0, 0.1) is 0 Å². The van der Waals surface area contributed by atoms with E-state index in [1.807, 2.05) is 47.1 Å². The van der Waals surface area contributed by atoms with E-state index in [-0.39, 0.29) is 18.4 Å². The molecule has 0 saturated heterocycles. The summed E-state index contributed by atoms with van der Waals surface area (Å²) < 4.78 is 7.14. The van der Waals surface area contributed by atoms with Crippen LogP contribution in [0.4, 0.5) is 0 Å². The molecule has 0 aliphatic rings. The third-order valence-corrected chi connectivity index (χ3v) is 5.41. The van der Waals surface area contributed by atoms with Gasteiger partial charge < -0.3 is 19.5 Å². The summed E-state index contributed by atoms with van der Waals surface area (Å²) in [6.07, 6.45) is 5.53. The molecule has 1 aromatic carbocycles. The molecule has 4 aromatic rings. The Morgan fingerprint density at radius 3 is 2.67 bits per heavy atom. The molecule has 7 nitrogen and oxygen atoms in total. The highest BCUT2D eigenvalue weighted by Gasteiger charge is 2.09. The Kier molecular flexibility index (Phi) is 6.14. The molecular weight excluding hydrogens is 400 g/mol. The van der Waals surface area contributed by atoms with Crippen molar-refractivity contribution in [3.8, 4) is 0 Å². The molecule has 0 atom stereocenters. The van der Waals surface area contributed by atoms with Crippen molar-refractivity contribution in [1.82, 2.24) is 20.0 Å². The van der Waals surface area contributed by atoms with Gasteiger partial charge in [-0.3, -0.25) is 9.59 Å². The Morgan fingerprint density at radius 1 is 1.03 bits per heavy atom. The summed E-state index contributed by atoms with van der Waals surface area (Å²) in [6, 6.07) is 16.7. The first-order valence-corrected chi connectivity index (χ1v) is 10.4. The van der Waals surface area contributed by atoms with Crippen molar-refractivity contribution in [2.24, 2.45) is 0 Å². The zero-order valence-corrected chi connectivity index (χ0v) is 16.9. The Bertz CT molecular complexity index is 1100. The standard InChI is InChI=1S/C22H20N4O3S/c27-21(23-12-18-4-3-11-29-18)13-24-22(28)16-6-8-19(9-7-16)30-15-17-14-26-10-2-1-5-20(26)25-17/h1-11,14H,12-13,15H2,(H,23,27)(H,24,28). The van der Waals surface area contributed by atoms with Crippen LogP contribution in [0.15, 0.2) is 82.6 Å². The van der Waals surface area contributed by atoms with Gasteiger partial charge >= 0.3 is 0 Å². The number of hydrogen-bond donors (Lipinski definition) is 2. The van der Waals surface area contributed by atoms with Gasteiger partial charge in [0.15, 0.2) is 0 Å². The summed E-state index contributed by atoms with van der Waals surface area (Å²) in [6.45, 7) is 0.198. The van der Waals surface area contributed by atoms with E-state index in [4.69, 9.17) is 4.42 Å². The average Bonchev–Trinajstić information content (AvgIpc) is 3.44. The maximum Gasteiger partial charge on any atom is 0.251 e. The van der Waals surface area contributed by atoms with Crippen LogP contribution in [0.3, 0.4) is 0 Å². The maximum atomic E-state index is 12.2. The molecule has 0 unspecified atom stereocenters. The first-order chi connectivity index (χ1) is 14.7. The normalized spacial score (nSPS) is 10.8. The zero-order valence-electron chi connectivity index (χ0n) is 16.1. The molecule has 2 N–H and O–H groups in total. The van der Waals surface area contributed by atoms with Crippen LogP contribution in [0.5, 0.6) is 0 Å². The van der Waals surface area contributed by atoms with E-state index >= 15 is 0 Å². The van der Waals surface area contributed by atoms with E-state index in [0.717, 1.165) is 22.0 Å². The Hall–Kier alpha value is -3.52. The predicted molar refractivity (Wildman–Crippen MR) is 114 cm³/mol. The fourth-order valence-corrected chi connectivity index (χ4v) is 3.62. The maximum absolute atomic E-state index is 12.2. The minimum absolute atomic E-state index is 0.0933. The molecule has 0 spiro atoms. The molecule has 0 aliphatic heterocycles. The highest BCUT2D eigenvalue weighted by Crippen LogP contribution is 2.23. The first kappa shape index (κ1) is 19.8. The lowest BCUT2D eigenvalue weighted by atomic mass is 10.2. The minimum Gasteiger partial charge on any atom is -0.467 e. The SMILES string of the molecule is O=C(CNC(=O)c1ccc(SCc2cn3ccccc3n2)cc1)NCc1ccco1. The molecule has 8 heteroatoms. The van der Waals surface area contributed by atoms with E-state index < -0.39 is 0 Å². The number of nitrogens with one attached hydrogen (secondary N) is 2. The Labute approximate surface area is 177 Å². The topological polar surface area (TPSA) is 88.6 Å². The second-order valence-electron chi connectivity index (χ2n) is 6.55. The number of aromatic nitrogens is 2. The largest absolute Gasteiger partial charge is 0.467 e. The van der Waals surface area contributed by atoms with Crippen LogP contribution in [0.25, 0.3) is 5.65 Å². The van der Waals surface area contributed by atoms with Crippen LogP contribution in [0.2, 0.25) is 0 Å². The predicted octanol–water partition coefficient (Wildman–Crippen LogP) is 3.27. The number of imidazole rings is 1. The first-order valence-electron chi connectivity index (χ1n) is 9.40. The van der Waals surface area contributed by atoms with Crippen LogP contribution in [-0.2, 0) is 17.1 Å². The van der Waals surface area contributed by atoms with Crippen LogP contribution >= 0.6 is 11.8 Å². The van der Waals surface area contributed by atoms with Gasteiger partial charge in [-0.25, -0.2) is 4.98 Å². The second kappa shape index (κ2) is 9.32. The summed E-state index contributed by atoms with van der Waals surface area (Å²) >= 11 is 1.65. The Morgan fingerprint density at radius 2 is 1.90 bits per heavy atom. The highest BCUT2D eigenvalue weighted by atomic mass is 32.2. The summed E-state index contributed by atoms with van der Waals surface area (Å²) in [4.78, 5) is 29.7. The molecule has 0 fully saturated rings. The lowest BCUT2D eigenvalue weighted by Gasteiger charge is -2.07. The van der Waals surface area contributed by atoms with E-state index in [2.05, 4.69) is 15.6 Å². The lowest BCUT2D eigenvalue weighted by molar-refractivity contribution is -0.120. The van der Waals surface area contributed by atoms with E-state index in [0.29, 0.717) is 17.9 Å². The number of furan rings is 1. The van der Waals surface area contributed by atoms with E-state index in [9.17, 15) is 9.59 Å². The average molecular weight is 420 g/mol. The van der Waals surface area contributed by atoms with Crippen molar-refractivity contribution >= 4 is 29.2 Å². The van der Waals surface area contributed by atoms with Crippen molar-refractivity contribution in [2.75, 3.05) is 6.54 Å². The van der Waals surface area contributed by atoms with Gasteiger partial charge in [-0.1, -0.05) is 6.07 Å². The van der Waals surface area contributed by atoms with Gasteiger partial charge in [0, 0.05) is 28.6 Å². The Balaban J connectivity index is 1.24. The fourth-order valence-electron chi connectivity index (χ4n) is 2.84. The van der Waals surface area contributed by atoms with Crippen molar-refractivity contribution < 1.29 is 14.0 Å². The lowest BCUT2D eigenvalue weighted by Crippen LogP contribution is -2.36. The molecule has 3 heterocycles. The highest BCUT2D eigenvalue weighted by molar-refractivity contribution is 7.98. The van der Waals surface area contributed by atoms with Gasteiger partial charge in [0.25, 0.3) is 5.91 Å². The summed E-state index contributed by atoms with van der Waals surface area (Å²) in [5.41, 5.74) is 2.42. The second-order valence-corrected chi connectivity index (χ2v) is 7.60. The van der Waals surface area contributed by atoms with Crippen molar-refractivity contribution in [3.05, 3.63) is 90.3 Å². The molecule has 0 aliphatic carbocycles. The number of hydrogen-bond acceptors (Lipinski definition) is 5. The number of benzene rings is 1. The fraction of sp³-hybridized carbons (Fsp3) is 0.136. The van der Waals surface area contributed by atoms with Crippen molar-refractivity contribution in [1.29, 1.82) is 0 Å². The van der Waals surface area contributed by atoms with Crippen molar-refractivity contribution in [2.45, 2.75) is 17.2 Å². The molecule has 3 aromatic heterocycles. The smallest absolute Gasteiger partial charge is 0.251 e. The molecule has 4 rings (SSSR count). The number of pyridine rings is 1. The third kappa shape index (κ3) is 5.09. The van der Waals surface area contributed by atoms with Crippen LogP contribution < -0.4 is 10.6 Å². The number of amides is 2. The van der Waals surface area contributed by atoms with Gasteiger partial charge in [0.1, 0.15) is 11.4 Å². The number of carbonyl (C=O) groups excluding carboxylic acids is 2. The molecule has 2 amide bonds. The molecular formula is C22H20N4O3S. The van der Waals surface area contributed by atoms with Crippen molar-refractivity contribution in [3.63, 3.8) is 0 Å². The third-order valence-electron chi connectivity index (χ3n) is 4.37. The molecule has 0 saturated carbocycles. The molecule has 0 radical (unpaired) electrons. The number of thioether (sulfide) groups is 1. The number of fused-ring (bicyclic) bond motifs is 1. The van der Waals surface area contributed by atoms with Crippen LogP contribution in [0.1, 0.15) is 21.8 Å². The number of nitrogens with zero attached hydrogens (tertiary/aromatic N) is 2. The van der Waals surface area contributed by atoms with Gasteiger partial charge in [-0.15, -0.1) is 11.8 Å². The molecule has 0 bridgehead atoms. The monoisotopic (exact) mass is 420 g/mol. The number of carbonyl (C=O) groups is 2. The quantitative estimate of drug-likeness (QED) is 0.427. The molecule has 152 valence electrons. The summed E-state index contributed by atoms with van der Waals surface area (Å²) in [5, 5.41) is 5.30. The van der Waals surface area contributed by atoms with Gasteiger partial charge in [0.05, 0.1) is 25.0 Å². The van der Waals surface area contributed by atoms with Gasteiger partial charge in [-0.2, -0.15) is 0 Å². The van der Waals surface area contributed by atoms with Crippen LogP contribution in [-0.4, -0.2) is 27.7 Å². The zero-order chi connectivity index (χ0) is 20.8.